The summed E-state index contributed by atoms with van der Waals surface area (Å²) in [6.07, 6.45) is -11.8. The van der Waals surface area contributed by atoms with Crippen LogP contribution in [-0.2, 0) is 21.8 Å². The van der Waals surface area contributed by atoms with Gasteiger partial charge >= 0.3 is 12.4 Å². The molecular formula is C21H21F6NO2. The minimum atomic E-state index is -4.92. The van der Waals surface area contributed by atoms with Crippen LogP contribution in [0.3, 0.4) is 0 Å². The van der Waals surface area contributed by atoms with Gasteiger partial charge in [0.25, 0.3) is 0 Å². The number of rotatable bonds is 5. The number of alkyl halides is 6. The third kappa shape index (κ3) is 4.96. The van der Waals surface area contributed by atoms with E-state index in [4.69, 9.17) is 15.2 Å². The van der Waals surface area contributed by atoms with Gasteiger partial charge in [0.15, 0.2) is 6.29 Å². The van der Waals surface area contributed by atoms with E-state index in [2.05, 4.69) is 0 Å². The number of benzene rings is 2. The standard InChI is InChI=1S/C21H21F6NO2/c1-12(14-7-16(20(22,23)24)9-17(8-14)21(25,26)27)30-19-18(15(10-28)11-29-19)13-5-3-2-4-6-13/h2-9,12,15,18-19H,10-11,28H2,1H3/t12-,15+,18-,19-/m1/s1. The van der Waals surface area contributed by atoms with Crippen molar-refractivity contribution in [1.82, 2.24) is 0 Å². The summed E-state index contributed by atoms with van der Waals surface area (Å²) in [4.78, 5) is 0. The molecule has 30 heavy (non-hydrogen) atoms. The third-order valence-electron chi connectivity index (χ3n) is 5.18. The molecule has 3 nitrogen and oxygen atoms in total. The van der Waals surface area contributed by atoms with E-state index < -0.39 is 35.9 Å². The molecule has 2 N–H and O–H groups in total. The summed E-state index contributed by atoms with van der Waals surface area (Å²) in [6.45, 7) is 1.98. The molecule has 2 aromatic rings. The molecule has 1 fully saturated rings. The second kappa shape index (κ2) is 8.56. The van der Waals surface area contributed by atoms with E-state index in [9.17, 15) is 26.3 Å². The van der Waals surface area contributed by atoms with Gasteiger partial charge in [-0.05, 0) is 42.8 Å². The van der Waals surface area contributed by atoms with Crippen LogP contribution in [0.1, 0.15) is 41.2 Å². The lowest BCUT2D eigenvalue weighted by Gasteiger charge is -2.26. The first kappa shape index (κ1) is 22.6. The molecule has 164 valence electrons. The molecular weight excluding hydrogens is 412 g/mol. The van der Waals surface area contributed by atoms with Crippen LogP contribution in [0.2, 0.25) is 0 Å². The molecule has 0 spiro atoms. The number of nitrogens with two attached hydrogens (primary N) is 1. The summed E-state index contributed by atoms with van der Waals surface area (Å²) in [6, 6.07) is 10.6. The number of halogens is 6. The Hall–Kier alpha value is -2.10. The highest BCUT2D eigenvalue weighted by Gasteiger charge is 2.41. The minimum absolute atomic E-state index is 0.0863. The van der Waals surface area contributed by atoms with Gasteiger partial charge in [0.05, 0.1) is 23.8 Å². The Morgan fingerprint density at radius 3 is 2.07 bits per heavy atom. The van der Waals surface area contributed by atoms with Crippen molar-refractivity contribution in [3.63, 3.8) is 0 Å². The van der Waals surface area contributed by atoms with Gasteiger partial charge in [-0.1, -0.05) is 30.3 Å². The molecule has 0 saturated carbocycles. The minimum Gasteiger partial charge on any atom is -0.352 e. The highest BCUT2D eigenvalue weighted by molar-refractivity contribution is 5.34. The molecule has 4 atom stereocenters. The van der Waals surface area contributed by atoms with Gasteiger partial charge in [0.1, 0.15) is 0 Å². The Balaban J connectivity index is 1.90. The van der Waals surface area contributed by atoms with Crippen molar-refractivity contribution < 1.29 is 35.8 Å². The summed E-state index contributed by atoms with van der Waals surface area (Å²) < 4.78 is 90.3. The molecule has 0 bridgehead atoms. The lowest BCUT2D eigenvalue weighted by atomic mass is 9.88. The molecule has 0 unspecified atom stereocenters. The van der Waals surface area contributed by atoms with Gasteiger partial charge in [-0.15, -0.1) is 0 Å². The van der Waals surface area contributed by atoms with E-state index >= 15 is 0 Å². The van der Waals surface area contributed by atoms with Crippen LogP contribution in [0.15, 0.2) is 48.5 Å². The van der Waals surface area contributed by atoms with E-state index in [1.807, 2.05) is 30.3 Å². The van der Waals surface area contributed by atoms with E-state index in [0.29, 0.717) is 18.7 Å². The number of ether oxygens (including phenoxy) is 2. The quantitative estimate of drug-likeness (QED) is 0.632. The maximum absolute atomic E-state index is 13.1. The summed E-state index contributed by atoms with van der Waals surface area (Å²) in [5.74, 6) is -0.372. The molecule has 1 aliphatic rings. The van der Waals surface area contributed by atoms with Crippen LogP contribution >= 0.6 is 0 Å². The molecule has 3 rings (SSSR count). The Morgan fingerprint density at radius 1 is 1.00 bits per heavy atom. The zero-order chi connectivity index (χ0) is 22.1. The van der Waals surface area contributed by atoms with Crippen LogP contribution in [-0.4, -0.2) is 19.4 Å². The van der Waals surface area contributed by atoms with E-state index in [-0.39, 0.29) is 30.1 Å². The van der Waals surface area contributed by atoms with Crippen LogP contribution in [0, 0.1) is 5.92 Å². The van der Waals surface area contributed by atoms with E-state index in [0.717, 1.165) is 5.56 Å². The lowest BCUT2D eigenvalue weighted by Crippen LogP contribution is -2.26. The van der Waals surface area contributed by atoms with Crippen molar-refractivity contribution in [3.05, 3.63) is 70.8 Å². The largest absolute Gasteiger partial charge is 0.416 e. The summed E-state index contributed by atoms with van der Waals surface area (Å²) in [5, 5.41) is 0. The topological polar surface area (TPSA) is 44.5 Å². The molecule has 0 amide bonds. The average Bonchev–Trinajstić information content (AvgIpc) is 3.09. The van der Waals surface area contributed by atoms with Gasteiger partial charge in [0.2, 0.25) is 0 Å². The molecule has 1 aliphatic heterocycles. The first-order valence-corrected chi connectivity index (χ1v) is 9.32. The molecule has 0 aromatic heterocycles. The van der Waals surface area contributed by atoms with Crippen LogP contribution in [0.5, 0.6) is 0 Å². The number of hydrogen-bond donors (Lipinski definition) is 1. The zero-order valence-electron chi connectivity index (χ0n) is 16.0. The maximum atomic E-state index is 13.1. The van der Waals surface area contributed by atoms with Gasteiger partial charge in [-0.2, -0.15) is 26.3 Å². The van der Waals surface area contributed by atoms with Gasteiger partial charge < -0.3 is 15.2 Å². The first-order chi connectivity index (χ1) is 14.0. The van der Waals surface area contributed by atoms with Crippen molar-refractivity contribution in [2.45, 2.75) is 37.6 Å². The molecule has 1 saturated heterocycles. The molecule has 9 heteroatoms. The van der Waals surface area contributed by atoms with Gasteiger partial charge in [-0.25, -0.2) is 0 Å². The van der Waals surface area contributed by atoms with Crippen molar-refractivity contribution in [2.75, 3.05) is 13.2 Å². The second-order valence-electron chi connectivity index (χ2n) is 7.25. The van der Waals surface area contributed by atoms with E-state index in [1.165, 1.54) is 6.92 Å². The highest BCUT2D eigenvalue weighted by Crippen LogP contribution is 2.41. The Labute approximate surface area is 169 Å². The molecule has 0 radical (unpaired) electrons. The van der Waals surface area contributed by atoms with Gasteiger partial charge in [-0.3, -0.25) is 0 Å². The predicted molar refractivity (Wildman–Crippen MR) is 97.4 cm³/mol. The monoisotopic (exact) mass is 433 g/mol. The zero-order valence-corrected chi connectivity index (χ0v) is 16.0. The Bertz CT molecular complexity index is 821. The molecule has 2 aromatic carbocycles. The highest BCUT2D eigenvalue weighted by atomic mass is 19.4. The maximum Gasteiger partial charge on any atom is 0.416 e. The summed E-state index contributed by atoms with van der Waals surface area (Å²) >= 11 is 0. The SMILES string of the molecule is C[C@@H](O[C@H]1OC[C@H](CN)[C@H]1c1ccccc1)c1cc(C(F)(F)F)cc(C(F)(F)F)c1. The second-order valence-corrected chi connectivity index (χ2v) is 7.25. The van der Waals surface area contributed by atoms with Crippen molar-refractivity contribution in [1.29, 1.82) is 0 Å². The van der Waals surface area contributed by atoms with Gasteiger partial charge in [0, 0.05) is 11.8 Å². The predicted octanol–water partition coefficient (Wildman–Crippen LogP) is 5.52. The smallest absolute Gasteiger partial charge is 0.352 e. The van der Waals surface area contributed by atoms with Crippen LogP contribution in [0.25, 0.3) is 0 Å². The average molecular weight is 433 g/mol. The normalized spacial score (nSPS) is 23.5. The van der Waals surface area contributed by atoms with Crippen LogP contribution in [0.4, 0.5) is 26.3 Å². The molecule has 1 heterocycles. The van der Waals surface area contributed by atoms with Crippen molar-refractivity contribution >= 4 is 0 Å². The third-order valence-corrected chi connectivity index (χ3v) is 5.18. The van der Waals surface area contributed by atoms with Crippen LogP contribution < -0.4 is 5.73 Å². The fraction of sp³-hybridized carbons (Fsp3) is 0.429. The van der Waals surface area contributed by atoms with E-state index in [1.54, 1.807) is 0 Å². The first-order valence-electron chi connectivity index (χ1n) is 9.32. The Kier molecular flexibility index (Phi) is 6.45. The summed E-state index contributed by atoms with van der Waals surface area (Å²) in [7, 11) is 0. The number of hydrogen-bond acceptors (Lipinski definition) is 3. The molecule has 0 aliphatic carbocycles. The lowest BCUT2D eigenvalue weighted by molar-refractivity contribution is -0.150. The Morgan fingerprint density at radius 2 is 1.57 bits per heavy atom. The fourth-order valence-electron chi connectivity index (χ4n) is 3.58. The fourth-order valence-corrected chi connectivity index (χ4v) is 3.58. The summed E-state index contributed by atoms with van der Waals surface area (Å²) in [5.41, 5.74) is 3.70. The van der Waals surface area contributed by atoms with Crippen molar-refractivity contribution in [3.8, 4) is 0 Å². The van der Waals surface area contributed by atoms with Crippen molar-refractivity contribution in [2.24, 2.45) is 11.7 Å².